The van der Waals surface area contributed by atoms with Gasteiger partial charge in [-0.2, -0.15) is 0 Å². The summed E-state index contributed by atoms with van der Waals surface area (Å²) < 4.78 is 0. The van der Waals surface area contributed by atoms with Crippen LogP contribution in [0.15, 0.2) is 36.7 Å². The van der Waals surface area contributed by atoms with E-state index in [1.165, 1.54) is 11.1 Å². The molecule has 120 valence electrons. The van der Waals surface area contributed by atoms with Gasteiger partial charge in [-0.1, -0.05) is 29.8 Å². The van der Waals surface area contributed by atoms with Crippen LogP contribution < -0.4 is 5.73 Å². The molecular formula is C18H22N4O. The van der Waals surface area contributed by atoms with Crippen molar-refractivity contribution < 1.29 is 4.79 Å². The predicted octanol–water partition coefficient (Wildman–Crippen LogP) is 2.00. The van der Waals surface area contributed by atoms with Crippen molar-refractivity contribution in [3.05, 3.63) is 59.2 Å². The van der Waals surface area contributed by atoms with Gasteiger partial charge in [-0.15, -0.1) is 0 Å². The molecule has 2 N–H and O–H groups in total. The van der Waals surface area contributed by atoms with E-state index in [2.05, 4.69) is 41.1 Å². The van der Waals surface area contributed by atoms with Crippen LogP contribution in [0.5, 0.6) is 0 Å². The quantitative estimate of drug-likeness (QED) is 0.917. The summed E-state index contributed by atoms with van der Waals surface area (Å²) in [5, 5.41) is 0. The van der Waals surface area contributed by atoms with E-state index in [0.29, 0.717) is 0 Å². The minimum atomic E-state index is -0.291. The highest BCUT2D eigenvalue weighted by Crippen LogP contribution is 2.30. The molecule has 1 unspecified atom stereocenters. The van der Waals surface area contributed by atoms with Crippen molar-refractivity contribution in [3.8, 4) is 0 Å². The van der Waals surface area contributed by atoms with Gasteiger partial charge in [0.1, 0.15) is 0 Å². The Bertz CT molecular complexity index is 701. The molecule has 1 atom stereocenters. The Labute approximate surface area is 136 Å². The number of carbonyl (C=O) groups excluding carboxylic acids is 1. The number of nitrogens with zero attached hydrogens (tertiary/aromatic N) is 3. The number of carbonyl (C=O) groups is 1. The molecule has 0 bridgehead atoms. The van der Waals surface area contributed by atoms with E-state index < -0.39 is 0 Å². The summed E-state index contributed by atoms with van der Waals surface area (Å²) in [7, 11) is 0. The second-order valence-corrected chi connectivity index (χ2v) is 6.20. The first-order chi connectivity index (χ1) is 11.1. The maximum Gasteiger partial charge on any atom is 0.231 e. The molecule has 1 aliphatic rings. The second kappa shape index (κ2) is 6.87. The zero-order valence-electron chi connectivity index (χ0n) is 13.4. The first-order valence-corrected chi connectivity index (χ1v) is 8.00. The molecule has 3 rings (SSSR count). The van der Waals surface area contributed by atoms with Crippen LogP contribution in [0.4, 0.5) is 0 Å². The standard InChI is InChI=1S/C18H22N4O/c1-13-4-2-5-14(8-13)9-15-10-20-11-16(21-15)17-6-3-7-22(17)12-18(19)23/h2,4-5,8,10-11,17H,3,6-7,9,12H2,1H3,(H2,19,23). The highest BCUT2D eigenvalue weighted by atomic mass is 16.1. The van der Waals surface area contributed by atoms with Crippen LogP contribution >= 0.6 is 0 Å². The Morgan fingerprint density at radius 2 is 2.26 bits per heavy atom. The van der Waals surface area contributed by atoms with Crippen molar-refractivity contribution >= 4 is 5.91 Å². The molecule has 2 aromatic rings. The Hall–Kier alpha value is -2.27. The predicted molar refractivity (Wildman–Crippen MR) is 88.8 cm³/mol. The van der Waals surface area contributed by atoms with Gasteiger partial charge in [-0.3, -0.25) is 19.7 Å². The maximum absolute atomic E-state index is 11.2. The summed E-state index contributed by atoms with van der Waals surface area (Å²) in [6, 6.07) is 8.58. The van der Waals surface area contributed by atoms with Gasteiger partial charge in [0.05, 0.1) is 24.0 Å². The normalized spacial score (nSPS) is 18.2. The van der Waals surface area contributed by atoms with Gasteiger partial charge in [0, 0.05) is 18.8 Å². The topological polar surface area (TPSA) is 72.1 Å². The summed E-state index contributed by atoms with van der Waals surface area (Å²) in [5.41, 5.74) is 9.72. The van der Waals surface area contributed by atoms with Gasteiger partial charge in [-0.25, -0.2) is 0 Å². The van der Waals surface area contributed by atoms with Crippen LogP contribution in [-0.4, -0.2) is 33.9 Å². The molecular weight excluding hydrogens is 288 g/mol. The average Bonchev–Trinajstić information content (AvgIpc) is 2.95. The highest BCUT2D eigenvalue weighted by molar-refractivity contribution is 5.76. The minimum absolute atomic E-state index is 0.146. The minimum Gasteiger partial charge on any atom is -0.369 e. The molecule has 5 heteroatoms. The van der Waals surface area contributed by atoms with Gasteiger partial charge in [0.2, 0.25) is 5.91 Å². The van der Waals surface area contributed by atoms with E-state index in [1.54, 1.807) is 0 Å². The van der Waals surface area contributed by atoms with Gasteiger partial charge in [0.25, 0.3) is 0 Å². The Morgan fingerprint density at radius 3 is 3.04 bits per heavy atom. The second-order valence-electron chi connectivity index (χ2n) is 6.20. The molecule has 1 aromatic heterocycles. The van der Waals surface area contributed by atoms with Gasteiger partial charge in [-0.05, 0) is 31.9 Å². The molecule has 0 radical (unpaired) electrons. The lowest BCUT2D eigenvalue weighted by molar-refractivity contribution is -0.119. The number of hydrogen-bond donors (Lipinski definition) is 1. The largest absolute Gasteiger partial charge is 0.369 e. The summed E-state index contributed by atoms with van der Waals surface area (Å²) in [4.78, 5) is 22.5. The van der Waals surface area contributed by atoms with Crippen molar-refractivity contribution in [1.82, 2.24) is 14.9 Å². The fourth-order valence-corrected chi connectivity index (χ4v) is 3.25. The molecule has 1 amide bonds. The molecule has 0 saturated carbocycles. The molecule has 1 fully saturated rings. The molecule has 1 aliphatic heterocycles. The number of rotatable bonds is 5. The van der Waals surface area contributed by atoms with E-state index in [0.717, 1.165) is 37.2 Å². The lowest BCUT2D eigenvalue weighted by Crippen LogP contribution is -2.33. The molecule has 5 nitrogen and oxygen atoms in total. The van der Waals surface area contributed by atoms with E-state index in [4.69, 9.17) is 10.7 Å². The zero-order chi connectivity index (χ0) is 16.2. The smallest absolute Gasteiger partial charge is 0.231 e. The van der Waals surface area contributed by atoms with Crippen molar-refractivity contribution in [3.63, 3.8) is 0 Å². The molecule has 1 saturated heterocycles. The van der Waals surface area contributed by atoms with Crippen LogP contribution in [0.2, 0.25) is 0 Å². The molecule has 0 aliphatic carbocycles. The van der Waals surface area contributed by atoms with E-state index in [-0.39, 0.29) is 18.5 Å². The van der Waals surface area contributed by atoms with Crippen LogP contribution in [0.3, 0.4) is 0 Å². The van der Waals surface area contributed by atoms with E-state index in [9.17, 15) is 4.79 Å². The van der Waals surface area contributed by atoms with E-state index in [1.807, 2.05) is 12.4 Å². The SMILES string of the molecule is Cc1cccc(Cc2cncc(C3CCCN3CC(N)=O)n2)c1. The Kier molecular flexibility index (Phi) is 4.67. The van der Waals surface area contributed by atoms with Crippen molar-refractivity contribution in [1.29, 1.82) is 0 Å². The molecule has 2 heterocycles. The number of primary amides is 1. The Morgan fingerprint density at radius 1 is 1.39 bits per heavy atom. The molecule has 1 aromatic carbocycles. The van der Waals surface area contributed by atoms with Crippen molar-refractivity contribution in [2.75, 3.05) is 13.1 Å². The number of aryl methyl sites for hydroxylation is 1. The number of benzene rings is 1. The Balaban J connectivity index is 1.78. The summed E-state index contributed by atoms with van der Waals surface area (Å²) in [6.07, 6.45) is 6.45. The zero-order valence-corrected chi connectivity index (χ0v) is 13.4. The average molecular weight is 310 g/mol. The monoisotopic (exact) mass is 310 g/mol. The first-order valence-electron chi connectivity index (χ1n) is 8.00. The fraction of sp³-hybridized carbons (Fsp3) is 0.389. The third-order valence-electron chi connectivity index (χ3n) is 4.23. The summed E-state index contributed by atoms with van der Waals surface area (Å²) in [6.45, 7) is 3.26. The molecule has 0 spiro atoms. The number of hydrogen-bond acceptors (Lipinski definition) is 4. The lowest BCUT2D eigenvalue weighted by Gasteiger charge is -2.22. The fourth-order valence-electron chi connectivity index (χ4n) is 3.25. The van der Waals surface area contributed by atoms with Crippen molar-refractivity contribution in [2.45, 2.75) is 32.2 Å². The van der Waals surface area contributed by atoms with Crippen LogP contribution in [-0.2, 0) is 11.2 Å². The summed E-state index contributed by atoms with van der Waals surface area (Å²) >= 11 is 0. The third-order valence-corrected chi connectivity index (χ3v) is 4.23. The highest BCUT2D eigenvalue weighted by Gasteiger charge is 2.28. The van der Waals surface area contributed by atoms with Crippen LogP contribution in [0, 0.1) is 6.92 Å². The lowest BCUT2D eigenvalue weighted by atomic mass is 10.1. The number of nitrogens with two attached hydrogens (primary N) is 1. The van der Waals surface area contributed by atoms with Crippen molar-refractivity contribution in [2.24, 2.45) is 5.73 Å². The van der Waals surface area contributed by atoms with E-state index >= 15 is 0 Å². The summed E-state index contributed by atoms with van der Waals surface area (Å²) in [5.74, 6) is -0.291. The third kappa shape index (κ3) is 3.93. The van der Waals surface area contributed by atoms with Gasteiger partial charge >= 0.3 is 0 Å². The molecule has 23 heavy (non-hydrogen) atoms. The first kappa shape index (κ1) is 15.6. The van der Waals surface area contributed by atoms with Crippen LogP contribution in [0.1, 0.15) is 41.4 Å². The maximum atomic E-state index is 11.2. The van der Waals surface area contributed by atoms with Gasteiger partial charge < -0.3 is 5.73 Å². The number of likely N-dealkylation sites (tertiary alicyclic amines) is 1. The number of aromatic nitrogens is 2. The van der Waals surface area contributed by atoms with Crippen LogP contribution in [0.25, 0.3) is 0 Å². The number of amides is 1. The van der Waals surface area contributed by atoms with Gasteiger partial charge in [0.15, 0.2) is 0 Å².